The maximum atomic E-state index is 12.1. The van der Waals surface area contributed by atoms with Gasteiger partial charge in [0.15, 0.2) is 0 Å². The Morgan fingerprint density at radius 2 is 2.00 bits per heavy atom. The van der Waals surface area contributed by atoms with Gasteiger partial charge in [0.1, 0.15) is 0 Å². The molecule has 0 radical (unpaired) electrons. The van der Waals surface area contributed by atoms with Gasteiger partial charge in [-0.2, -0.15) is 0 Å². The van der Waals surface area contributed by atoms with Gasteiger partial charge >= 0.3 is 0 Å². The molecular weight excluding hydrogens is 250 g/mol. The summed E-state index contributed by atoms with van der Waals surface area (Å²) in [7, 11) is 4.07. The van der Waals surface area contributed by atoms with Gasteiger partial charge in [-0.05, 0) is 64.2 Å². The normalized spacial score (nSPS) is 10.7. The molecule has 1 aromatic rings. The van der Waals surface area contributed by atoms with E-state index in [1.165, 1.54) is 0 Å². The number of carbonyl (C=O) groups is 1. The van der Waals surface area contributed by atoms with Crippen LogP contribution >= 0.6 is 0 Å². The molecule has 112 valence electrons. The van der Waals surface area contributed by atoms with Crippen molar-refractivity contribution in [2.45, 2.75) is 26.7 Å². The van der Waals surface area contributed by atoms with Crippen LogP contribution in [0, 0.1) is 6.92 Å². The lowest BCUT2D eigenvalue weighted by Gasteiger charge is -2.12. The molecule has 0 saturated carbocycles. The van der Waals surface area contributed by atoms with Crippen molar-refractivity contribution in [2.75, 3.05) is 39.0 Å². The number of anilines is 1. The summed E-state index contributed by atoms with van der Waals surface area (Å²) in [6, 6.07) is 5.90. The summed E-state index contributed by atoms with van der Waals surface area (Å²) in [6.45, 7) is 6.77. The maximum Gasteiger partial charge on any atom is 0.251 e. The zero-order chi connectivity index (χ0) is 15.0. The van der Waals surface area contributed by atoms with Crippen LogP contribution in [-0.2, 0) is 0 Å². The zero-order valence-electron chi connectivity index (χ0n) is 13.1. The number of nitrogens with one attached hydrogen (secondary N) is 2. The number of hydrogen-bond donors (Lipinski definition) is 2. The van der Waals surface area contributed by atoms with Crippen LogP contribution in [0.15, 0.2) is 18.2 Å². The van der Waals surface area contributed by atoms with Crippen LogP contribution in [0.2, 0.25) is 0 Å². The summed E-state index contributed by atoms with van der Waals surface area (Å²) in [5.41, 5.74) is 2.85. The molecule has 4 heteroatoms. The van der Waals surface area contributed by atoms with E-state index in [0.29, 0.717) is 6.54 Å². The molecule has 0 spiro atoms. The molecule has 0 bridgehead atoms. The molecular formula is C16H27N3O. The average Bonchev–Trinajstić information content (AvgIpc) is 2.41. The molecule has 0 unspecified atom stereocenters. The van der Waals surface area contributed by atoms with Crippen molar-refractivity contribution in [3.05, 3.63) is 29.3 Å². The zero-order valence-corrected chi connectivity index (χ0v) is 13.1. The van der Waals surface area contributed by atoms with Crippen molar-refractivity contribution >= 4 is 11.6 Å². The highest BCUT2D eigenvalue weighted by atomic mass is 16.1. The predicted octanol–water partition coefficient (Wildman–Crippen LogP) is 2.50. The number of hydrogen-bond acceptors (Lipinski definition) is 3. The van der Waals surface area contributed by atoms with E-state index in [1.807, 2.05) is 39.2 Å². The van der Waals surface area contributed by atoms with Crippen molar-refractivity contribution in [3.63, 3.8) is 0 Å². The Bertz CT molecular complexity index is 430. The minimum Gasteiger partial charge on any atom is -0.385 e. The van der Waals surface area contributed by atoms with Crippen LogP contribution in [0.5, 0.6) is 0 Å². The SMILES string of the molecule is CCCNc1ccc(C(=O)NCCCN(C)C)c(C)c1. The first kappa shape index (κ1) is 16.5. The summed E-state index contributed by atoms with van der Waals surface area (Å²) in [6.07, 6.45) is 2.06. The van der Waals surface area contributed by atoms with Gasteiger partial charge in [-0.3, -0.25) is 4.79 Å². The van der Waals surface area contributed by atoms with Crippen LogP contribution < -0.4 is 10.6 Å². The second-order valence-corrected chi connectivity index (χ2v) is 5.37. The van der Waals surface area contributed by atoms with Crippen LogP contribution in [0.3, 0.4) is 0 Å². The Hall–Kier alpha value is -1.55. The molecule has 2 N–H and O–H groups in total. The number of carbonyl (C=O) groups excluding carboxylic acids is 1. The van der Waals surface area contributed by atoms with Crippen LogP contribution in [-0.4, -0.2) is 44.5 Å². The minimum absolute atomic E-state index is 0.0169. The van der Waals surface area contributed by atoms with E-state index in [9.17, 15) is 4.79 Å². The first-order chi connectivity index (χ1) is 9.54. The largest absolute Gasteiger partial charge is 0.385 e. The average molecular weight is 277 g/mol. The molecule has 0 aliphatic rings. The third-order valence-electron chi connectivity index (χ3n) is 3.12. The second kappa shape index (κ2) is 8.59. The minimum atomic E-state index is 0.0169. The third-order valence-corrected chi connectivity index (χ3v) is 3.12. The Labute approximate surface area is 122 Å². The first-order valence-corrected chi connectivity index (χ1v) is 7.32. The predicted molar refractivity (Wildman–Crippen MR) is 85.5 cm³/mol. The summed E-state index contributed by atoms with van der Waals surface area (Å²) in [5.74, 6) is 0.0169. The van der Waals surface area contributed by atoms with Crippen molar-refractivity contribution in [1.82, 2.24) is 10.2 Å². The van der Waals surface area contributed by atoms with Gasteiger partial charge < -0.3 is 15.5 Å². The molecule has 0 aromatic heterocycles. The lowest BCUT2D eigenvalue weighted by Crippen LogP contribution is -2.27. The first-order valence-electron chi connectivity index (χ1n) is 7.32. The molecule has 1 amide bonds. The lowest BCUT2D eigenvalue weighted by atomic mass is 10.1. The highest BCUT2D eigenvalue weighted by Gasteiger charge is 2.08. The fraction of sp³-hybridized carbons (Fsp3) is 0.562. The van der Waals surface area contributed by atoms with Crippen molar-refractivity contribution < 1.29 is 4.79 Å². The Balaban J connectivity index is 2.51. The number of aryl methyl sites for hydroxylation is 1. The van der Waals surface area contributed by atoms with E-state index in [4.69, 9.17) is 0 Å². The standard InChI is InChI=1S/C16H27N3O/c1-5-9-17-14-7-8-15(13(2)12-14)16(20)18-10-6-11-19(3)4/h7-8,12,17H,5-6,9-11H2,1-4H3,(H,18,20). The third kappa shape index (κ3) is 5.61. The second-order valence-electron chi connectivity index (χ2n) is 5.37. The molecule has 1 aromatic carbocycles. The summed E-state index contributed by atoms with van der Waals surface area (Å²) in [5, 5.41) is 6.30. The number of nitrogens with zero attached hydrogens (tertiary/aromatic N) is 1. The molecule has 0 fully saturated rings. The number of amides is 1. The molecule has 0 heterocycles. The van der Waals surface area contributed by atoms with E-state index in [1.54, 1.807) is 0 Å². The summed E-state index contributed by atoms with van der Waals surface area (Å²) >= 11 is 0. The molecule has 4 nitrogen and oxygen atoms in total. The smallest absolute Gasteiger partial charge is 0.251 e. The van der Waals surface area contributed by atoms with Crippen molar-refractivity contribution in [2.24, 2.45) is 0 Å². The molecule has 0 aliphatic carbocycles. The molecule has 20 heavy (non-hydrogen) atoms. The lowest BCUT2D eigenvalue weighted by molar-refractivity contribution is 0.0951. The van der Waals surface area contributed by atoms with Crippen molar-refractivity contribution in [3.8, 4) is 0 Å². The summed E-state index contributed by atoms with van der Waals surface area (Å²) in [4.78, 5) is 14.2. The van der Waals surface area contributed by atoms with Gasteiger partial charge in [0, 0.05) is 24.3 Å². The highest BCUT2D eigenvalue weighted by molar-refractivity contribution is 5.96. The number of benzene rings is 1. The van der Waals surface area contributed by atoms with Gasteiger partial charge in [-0.15, -0.1) is 0 Å². The quantitative estimate of drug-likeness (QED) is 0.718. The van der Waals surface area contributed by atoms with E-state index in [-0.39, 0.29) is 5.91 Å². The van der Waals surface area contributed by atoms with E-state index < -0.39 is 0 Å². The topological polar surface area (TPSA) is 44.4 Å². The van der Waals surface area contributed by atoms with Gasteiger partial charge in [0.2, 0.25) is 0 Å². The van der Waals surface area contributed by atoms with Gasteiger partial charge in [-0.1, -0.05) is 6.92 Å². The monoisotopic (exact) mass is 277 g/mol. The van der Waals surface area contributed by atoms with Gasteiger partial charge in [-0.25, -0.2) is 0 Å². The highest BCUT2D eigenvalue weighted by Crippen LogP contribution is 2.15. The van der Waals surface area contributed by atoms with Crippen molar-refractivity contribution in [1.29, 1.82) is 0 Å². The van der Waals surface area contributed by atoms with Gasteiger partial charge in [0.25, 0.3) is 5.91 Å². The Morgan fingerprint density at radius 1 is 1.25 bits per heavy atom. The number of rotatable bonds is 8. The Kier molecular flexibility index (Phi) is 7.09. The fourth-order valence-electron chi connectivity index (χ4n) is 1.99. The van der Waals surface area contributed by atoms with Crippen LogP contribution in [0.1, 0.15) is 35.7 Å². The molecule has 1 rings (SSSR count). The van der Waals surface area contributed by atoms with E-state index in [0.717, 1.165) is 42.7 Å². The maximum absolute atomic E-state index is 12.1. The Morgan fingerprint density at radius 3 is 2.60 bits per heavy atom. The fourth-order valence-corrected chi connectivity index (χ4v) is 1.99. The summed E-state index contributed by atoms with van der Waals surface area (Å²) < 4.78 is 0. The molecule has 0 aliphatic heterocycles. The van der Waals surface area contributed by atoms with E-state index >= 15 is 0 Å². The van der Waals surface area contributed by atoms with Gasteiger partial charge in [0.05, 0.1) is 0 Å². The molecule has 0 saturated heterocycles. The molecule has 0 atom stereocenters. The van der Waals surface area contributed by atoms with E-state index in [2.05, 4.69) is 22.5 Å². The van der Waals surface area contributed by atoms with Crippen LogP contribution in [0.25, 0.3) is 0 Å². The van der Waals surface area contributed by atoms with Crippen LogP contribution in [0.4, 0.5) is 5.69 Å².